The highest BCUT2D eigenvalue weighted by Gasteiger charge is 2.37. The molecule has 0 amide bonds. The highest BCUT2D eigenvalue weighted by atomic mass is 16.5. The van der Waals surface area contributed by atoms with Crippen LogP contribution in [0.15, 0.2) is 12.4 Å². The number of nitrogens with zero attached hydrogens (tertiary/aromatic N) is 3. The summed E-state index contributed by atoms with van der Waals surface area (Å²) >= 11 is 0. The second-order valence-corrected chi connectivity index (χ2v) is 5.00. The van der Waals surface area contributed by atoms with Crippen LogP contribution in [-0.4, -0.2) is 40.7 Å². The Kier molecular flexibility index (Phi) is 3.87. The molecule has 1 saturated heterocycles. The molecule has 6 nitrogen and oxygen atoms in total. The number of anilines is 1. The molecule has 0 unspecified atom stereocenters. The Labute approximate surface area is 112 Å². The van der Waals surface area contributed by atoms with Gasteiger partial charge in [-0.05, 0) is 26.7 Å². The summed E-state index contributed by atoms with van der Waals surface area (Å²) < 4.78 is 5.32. The number of rotatable bonds is 4. The predicted octanol–water partition coefficient (Wildman–Crippen LogP) is 1.57. The van der Waals surface area contributed by atoms with Gasteiger partial charge in [-0.15, -0.1) is 0 Å². The number of aromatic nitrogens is 2. The zero-order valence-electron chi connectivity index (χ0n) is 11.3. The Morgan fingerprint density at radius 2 is 2.16 bits per heavy atom. The number of ether oxygens (including phenoxy) is 1. The van der Waals surface area contributed by atoms with Crippen LogP contribution in [0.3, 0.4) is 0 Å². The van der Waals surface area contributed by atoms with Crippen LogP contribution in [0, 0.1) is 5.41 Å². The summed E-state index contributed by atoms with van der Waals surface area (Å²) in [7, 11) is 0. The topological polar surface area (TPSA) is 75.5 Å². The molecule has 1 fully saturated rings. The standard InChI is InChI=1S/C13H19N3O3/c1-3-19-11-9-14-8-10(15-11)16-6-4-13(2,5-7-16)12(17)18/h8-9H,3-7H2,1-2H3,(H,17,18). The van der Waals surface area contributed by atoms with Crippen LogP contribution in [0.1, 0.15) is 26.7 Å². The first-order chi connectivity index (χ1) is 9.05. The van der Waals surface area contributed by atoms with Crippen molar-refractivity contribution in [1.29, 1.82) is 0 Å². The Morgan fingerprint density at radius 1 is 1.47 bits per heavy atom. The third-order valence-electron chi connectivity index (χ3n) is 3.60. The maximum atomic E-state index is 11.2. The van der Waals surface area contributed by atoms with Crippen molar-refractivity contribution in [2.24, 2.45) is 5.41 Å². The van der Waals surface area contributed by atoms with Crippen molar-refractivity contribution in [3.05, 3.63) is 12.4 Å². The van der Waals surface area contributed by atoms with E-state index in [4.69, 9.17) is 4.74 Å². The van der Waals surface area contributed by atoms with Crippen LogP contribution >= 0.6 is 0 Å². The number of hydrogen-bond acceptors (Lipinski definition) is 5. The van der Waals surface area contributed by atoms with Crippen molar-refractivity contribution in [2.45, 2.75) is 26.7 Å². The largest absolute Gasteiger partial charge is 0.481 e. The normalized spacial score (nSPS) is 18.1. The van der Waals surface area contributed by atoms with Gasteiger partial charge >= 0.3 is 5.97 Å². The molecule has 0 saturated carbocycles. The van der Waals surface area contributed by atoms with Gasteiger partial charge in [0.1, 0.15) is 0 Å². The molecule has 0 radical (unpaired) electrons. The first-order valence-corrected chi connectivity index (χ1v) is 6.48. The minimum Gasteiger partial charge on any atom is -0.481 e. The van der Waals surface area contributed by atoms with Gasteiger partial charge in [-0.1, -0.05) is 0 Å². The van der Waals surface area contributed by atoms with E-state index in [1.807, 2.05) is 6.92 Å². The smallest absolute Gasteiger partial charge is 0.309 e. The molecular weight excluding hydrogens is 246 g/mol. The number of carbonyl (C=O) groups is 1. The molecule has 2 heterocycles. The van der Waals surface area contributed by atoms with E-state index >= 15 is 0 Å². The molecule has 1 N–H and O–H groups in total. The average molecular weight is 265 g/mol. The molecule has 1 aliphatic heterocycles. The molecule has 0 bridgehead atoms. The lowest BCUT2D eigenvalue weighted by molar-refractivity contribution is -0.149. The van der Waals surface area contributed by atoms with E-state index in [0.29, 0.717) is 38.4 Å². The average Bonchev–Trinajstić information content (AvgIpc) is 2.40. The molecular formula is C13H19N3O3. The zero-order chi connectivity index (χ0) is 13.9. The summed E-state index contributed by atoms with van der Waals surface area (Å²) in [5, 5.41) is 9.20. The van der Waals surface area contributed by atoms with E-state index in [-0.39, 0.29) is 0 Å². The minimum atomic E-state index is -0.721. The van der Waals surface area contributed by atoms with Crippen molar-refractivity contribution < 1.29 is 14.6 Å². The zero-order valence-corrected chi connectivity index (χ0v) is 11.3. The SMILES string of the molecule is CCOc1cncc(N2CCC(C)(C(=O)O)CC2)n1. The molecule has 19 heavy (non-hydrogen) atoms. The van der Waals surface area contributed by atoms with Crippen LogP contribution in [0.4, 0.5) is 5.82 Å². The van der Waals surface area contributed by atoms with Crippen LogP contribution in [0.2, 0.25) is 0 Å². The maximum Gasteiger partial charge on any atom is 0.309 e. The molecule has 0 aromatic carbocycles. The predicted molar refractivity (Wildman–Crippen MR) is 70.4 cm³/mol. The van der Waals surface area contributed by atoms with Gasteiger partial charge in [-0.3, -0.25) is 9.78 Å². The molecule has 104 valence electrons. The van der Waals surface area contributed by atoms with Crippen molar-refractivity contribution >= 4 is 11.8 Å². The minimum absolute atomic E-state index is 0.506. The number of carboxylic acid groups (broad SMARTS) is 1. The lowest BCUT2D eigenvalue weighted by Gasteiger charge is -2.36. The molecule has 0 atom stereocenters. The van der Waals surface area contributed by atoms with Crippen LogP contribution in [0.25, 0.3) is 0 Å². The van der Waals surface area contributed by atoms with Crippen molar-refractivity contribution in [1.82, 2.24) is 9.97 Å². The fourth-order valence-corrected chi connectivity index (χ4v) is 2.15. The van der Waals surface area contributed by atoms with Gasteiger partial charge in [0.15, 0.2) is 5.82 Å². The highest BCUT2D eigenvalue weighted by molar-refractivity contribution is 5.74. The van der Waals surface area contributed by atoms with E-state index in [2.05, 4.69) is 14.9 Å². The second-order valence-electron chi connectivity index (χ2n) is 5.00. The summed E-state index contributed by atoms with van der Waals surface area (Å²) in [6, 6.07) is 0. The van der Waals surface area contributed by atoms with Crippen LogP contribution in [0.5, 0.6) is 5.88 Å². The number of piperidine rings is 1. The summed E-state index contributed by atoms with van der Waals surface area (Å²) in [4.78, 5) is 21.7. The van der Waals surface area contributed by atoms with Gasteiger partial charge in [0.25, 0.3) is 0 Å². The number of hydrogen-bond donors (Lipinski definition) is 1. The summed E-state index contributed by atoms with van der Waals surface area (Å²) in [5.74, 6) is 0.534. The molecule has 0 aliphatic carbocycles. The van der Waals surface area contributed by atoms with Crippen LogP contribution < -0.4 is 9.64 Å². The molecule has 6 heteroatoms. The fraction of sp³-hybridized carbons (Fsp3) is 0.615. The highest BCUT2D eigenvalue weighted by Crippen LogP contribution is 2.32. The lowest BCUT2D eigenvalue weighted by atomic mass is 9.80. The fourth-order valence-electron chi connectivity index (χ4n) is 2.15. The van der Waals surface area contributed by atoms with Gasteiger partial charge in [-0.25, -0.2) is 0 Å². The number of carboxylic acids is 1. The van der Waals surface area contributed by atoms with Gasteiger partial charge < -0.3 is 14.7 Å². The quantitative estimate of drug-likeness (QED) is 0.890. The molecule has 1 aromatic heterocycles. The Morgan fingerprint density at radius 3 is 2.74 bits per heavy atom. The van der Waals surface area contributed by atoms with Crippen molar-refractivity contribution in [2.75, 3.05) is 24.6 Å². The van der Waals surface area contributed by atoms with Gasteiger partial charge in [0.2, 0.25) is 5.88 Å². The van der Waals surface area contributed by atoms with E-state index in [9.17, 15) is 9.90 Å². The van der Waals surface area contributed by atoms with E-state index in [1.54, 1.807) is 19.3 Å². The molecule has 1 aliphatic rings. The molecule has 0 spiro atoms. The van der Waals surface area contributed by atoms with E-state index in [0.717, 1.165) is 5.82 Å². The van der Waals surface area contributed by atoms with Crippen LogP contribution in [-0.2, 0) is 4.79 Å². The first-order valence-electron chi connectivity index (χ1n) is 6.48. The third-order valence-corrected chi connectivity index (χ3v) is 3.60. The van der Waals surface area contributed by atoms with Gasteiger partial charge in [-0.2, -0.15) is 4.98 Å². The second kappa shape index (κ2) is 5.42. The summed E-state index contributed by atoms with van der Waals surface area (Å²) in [6.07, 6.45) is 4.50. The lowest BCUT2D eigenvalue weighted by Crippen LogP contribution is -2.43. The maximum absolute atomic E-state index is 11.2. The molecule has 2 rings (SSSR count). The molecule has 1 aromatic rings. The van der Waals surface area contributed by atoms with Gasteiger partial charge in [0.05, 0.1) is 24.4 Å². The van der Waals surface area contributed by atoms with E-state index in [1.165, 1.54) is 0 Å². The third kappa shape index (κ3) is 2.94. The van der Waals surface area contributed by atoms with Crippen molar-refractivity contribution in [3.63, 3.8) is 0 Å². The van der Waals surface area contributed by atoms with E-state index < -0.39 is 11.4 Å². The Balaban J connectivity index is 2.05. The first kappa shape index (κ1) is 13.6. The summed E-state index contributed by atoms with van der Waals surface area (Å²) in [5.41, 5.74) is -0.624. The Hall–Kier alpha value is -1.85. The number of aliphatic carboxylic acids is 1. The monoisotopic (exact) mass is 265 g/mol. The Bertz CT molecular complexity index is 456. The van der Waals surface area contributed by atoms with Gasteiger partial charge in [0, 0.05) is 13.1 Å². The summed E-state index contributed by atoms with van der Waals surface area (Å²) in [6.45, 7) is 5.60. The van der Waals surface area contributed by atoms with Crippen molar-refractivity contribution in [3.8, 4) is 5.88 Å².